The van der Waals surface area contributed by atoms with Crippen molar-refractivity contribution in [3.63, 3.8) is 0 Å². The Balaban J connectivity index is 1.23. The van der Waals surface area contributed by atoms with Crippen LogP contribution >= 0.6 is 12.2 Å². The summed E-state index contributed by atoms with van der Waals surface area (Å²) < 4.78 is 11.7. The van der Waals surface area contributed by atoms with E-state index >= 15 is 0 Å². The van der Waals surface area contributed by atoms with Gasteiger partial charge < -0.3 is 19.6 Å². The summed E-state index contributed by atoms with van der Waals surface area (Å²) in [5, 5.41) is 16.2. The Bertz CT molecular complexity index is 1630. The summed E-state index contributed by atoms with van der Waals surface area (Å²) in [6, 6.07) is 25.5. The van der Waals surface area contributed by atoms with E-state index in [1.54, 1.807) is 36.4 Å². The first kappa shape index (κ1) is 25.0. The Morgan fingerprint density at radius 1 is 1.00 bits per heavy atom. The van der Waals surface area contributed by atoms with Gasteiger partial charge in [-0.15, -0.1) is 0 Å². The fraction of sp³-hybridized carbons (Fsp3) is 0.100. The molecule has 0 radical (unpaired) electrons. The standard InChI is InChI=1S/C30H25N3O4S/c1-18-14-19(2)27-25(15-18)32-29(37-27)24-16-22(10-13-26(24)34)31-30(38)33-28(35)21-8-11-23(12-9-21)36-17-20-6-4-3-5-7-20/h3-16,34H,17H2,1-2H3,(H2,31,33,35,38). The Labute approximate surface area is 225 Å². The molecule has 0 spiro atoms. The number of phenolic OH excluding ortho intramolecular Hbond substituents is 1. The number of ether oxygens (including phenoxy) is 1. The van der Waals surface area contributed by atoms with E-state index < -0.39 is 0 Å². The van der Waals surface area contributed by atoms with Crippen LogP contribution in [0.1, 0.15) is 27.0 Å². The van der Waals surface area contributed by atoms with Crippen LogP contribution in [-0.4, -0.2) is 21.1 Å². The number of phenols is 1. The Hall–Kier alpha value is -4.69. The molecule has 1 aromatic heterocycles. The molecule has 5 aromatic rings. The quantitative estimate of drug-likeness (QED) is 0.172. The van der Waals surface area contributed by atoms with Crippen LogP contribution in [-0.2, 0) is 6.61 Å². The zero-order chi connectivity index (χ0) is 26.6. The monoisotopic (exact) mass is 523 g/mol. The maximum atomic E-state index is 12.7. The van der Waals surface area contributed by atoms with Gasteiger partial charge in [0.05, 0.1) is 5.56 Å². The Morgan fingerprint density at radius 2 is 1.76 bits per heavy atom. The van der Waals surface area contributed by atoms with Crippen molar-refractivity contribution in [1.29, 1.82) is 0 Å². The highest BCUT2D eigenvalue weighted by Gasteiger charge is 2.16. The number of aromatic nitrogens is 1. The second-order valence-corrected chi connectivity index (χ2v) is 9.30. The second-order valence-electron chi connectivity index (χ2n) is 8.89. The zero-order valence-electron chi connectivity index (χ0n) is 20.8. The van der Waals surface area contributed by atoms with Gasteiger partial charge in [-0.1, -0.05) is 36.4 Å². The van der Waals surface area contributed by atoms with Crippen molar-refractivity contribution in [3.05, 3.63) is 107 Å². The maximum Gasteiger partial charge on any atom is 0.257 e. The Kier molecular flexibility index (Phi) is 7.06. The molecule has 0 bridgehead atoms. The van der Waals surface area contributed by atoms with E-state index in [1.165, 1.54) is 6.07 Å². The molecule has 190 valence electrons. The lowest BCUT2D eigenvalue weighted by Gasteiger charge is -2.11. The zero-order valence-corrected chi connectivity index (χ0v) is 21.6. The first-order valence-corrected chi connectivity index (χ1v) is 12.4. The van der Waals surface area contributed by atoms with Crippen LogP contribution in [0.4, 0.5) is 5.69 Å². The number of amides is 1. The molecule has 0 saturated carbocycles. The predicted octanol–water partition coefficient (Wildman–Crippen LogP) is 6.52. The molecule has 3 N–H and O–H groups in total. The summed E-state index contributed by atoms with van der Waals surface area (Å²) >= 11 is 5.34. The summed E-state index contributed by atoms with van der Waals surface area (Å²) in [7, 11) is 0. The average molecular weight is 524 g/mol. The first-order chi connectivity index (χ1) is 18.4. The minimum atomic E-state index is -0.360. The van der Waals surface area contributed by atoms with Gasteiger partial charge in [-0.05, 0) is 91.3 Å². The summed E-state index contributed by atoms with van der Waals surface area (Å²) in [6.07, 6.45) is 0. The molecule has 1 amide bonds. The molecule has 0 fully saturated rings. The third kappa shape index (κ3) is 5.66. The van der Waals surface area contributed by atoms with Gasteiger partial charge in [0, 0.05) is 11.3 Å². The molecule has 0 unspecified atom stereocenters. The molecule has 8 heteroatoms. The number of rotatable bonds is 6. The third-order valence-corrected chi connectivity index (χ3v) is 6.10. The Morgan fingerprint density at radius 3 is 2.53 bits per heavy atom. The highest BCUT2D eigenvalue weighted by molar-refractivity contribution is 7.80. The van der Waals surface area contributed by atoms with Gasteiger partial charge in [0.2, 0.25) is 5.89 Å². The van der Waals surface area contributed by atoms with Crippen LogP contribution < -0.4 is 15.4 Å². The second kappa shape index (κ2) is 10.7. The number of aromatic hydroxyl groups is 1. The molecule has 38 heavy (non-hydrogen) atoms. The molecular formula is C30H25N3O4S. The van der Waals surface area contributed by atoms with E-state index in [2.05, 4.69) is 15.6 Å². The molecule has 0 aliphatic carbocycles. The predicted molar refractivity (Wildman–Crippen MR) is 151 cm³/mol. The van der Waals surface area contributed by atoms with Crippen molar-refractivity contribution >= 4 is 40.0 Å². The minimum Gasteiger partial charge on any atom is -0.507 e. The SMILES string of the molecule is Cc1cc(C)c2oc(-c3cc(NC(=S)NC(=O)c4ccc(OCc5ccccc5)cc4)ccc3O)nc2c1. The van der Waals surface area contributed by atoms with Crippen molar-refractivity contribution in [2.75, 3.05) is 5.32 Å². The number of nitrogens with one attached hydrogen (secondary N) is 2. The number of thiocarbonyl (C=S) groups is 1. The topological polar surface area (TPSA) is 96.6 Å². The van der Waals surface area contributed by atoms with Gasteiger partial charge in [-0.25, -0.2) is 4.98 Å². The van der Waals surface area contributed by atoms with E-state index in [0.717, 1.165) is 22.2 Å². The number of anilines is 1. The summed E-state index contributed by atoms with van der Waals surface area (Å²) in [4.78, 5) is 17.2. The average Bonchev–Trinajstić information content (AvgIpc) is 3.33. The van der Waals surface area contributed by atoms with E-state index in [0.29, 0.717) is 40.6 Å². The van der Waals surface area contributed by atoms with Gasteiger partial charge in [-0.2, -0.15) is 0 Å². The third-order valence-electron chi connectivity index (χ3n) is 5.90. The molecule has 7 nitrogen and oxygen atoms in total. The van der Waals surface area contributed by atoms with Gasteiger partial charge in [0.25, 0.3) is 5.91 Å². The van der Waals surface area contributed by atoms with Gasteiger partial charge in [0.1, 0.15) is 23.6 Å². The lowest BCUT2D eigenvalue weighted by atomic mass is 10.1. The minimum absolute atomic E-state index is 0.0148. The van der Waals surface area contributed by atoms with E-state index in [9.17, 15) is 9.90 Å². The summed E-state index contributed by atoms with van der Waals surface area (Å²) in [5.74, 6) is 0.605. The molecule has 5 rings (SSSR count). The summed E-state index contributed by atoms with van der Waals surface area (Å²) in [5.41, 5.74) is 5.88. The van der Waals surface area contributed by atoms with E-state index in [4.69, 9.17) is 21.4 Å². The van der Waals surface area contributed by atoms with Crippen molar-refractivity contribution in [2.24, 2.45) is 0 Å². The van der Waals surface area contributed by atoms with Crippen molar-refractivity contribution in [3.8, 4) is 23.0 Å². The number of benzene rings is 4. The lowest BCUT2D eigenvalue weighted by molar-refractivity contribution is 0.0977. The van der Waals surface area contributed by atoms with E-state index in [1.807, 2.05) is 56.3 Å². The van der Waals surface area contributed by atoms with Crippen LogP contribution in [0.3, 0.4) is 0 Å². The normalized spacial score (nSPS) is 10.8. The van der Waals surface area contributed by atoms with Gasteiger partial charge in [0.15, 0.2) is 10.7 Å². The number of aryl methyl sites for hydroxylation is 2. The molecule has 0 aliphatic heterocycles. The number of oxazole rings is 1. The van der Waals surface area contributed by atoms with Gasteiger partial charge >= 0.3 is 0 Å². The van der Waals surface area contributed by atoms with Crippen molar-refractivity contribution in [2.45, 2.75) is 20.5 Å². The molecular weight excluding hydrogens is 498 g/mol. The van der Waals surface area contributed by atoms with Crippen molar-refractivity contribution in [1.82, 2.24) is 10.3 Å². The van der Waals surface area contributed by atoms with Crippen molar-refractivity contribution < 1.29 is 19.1 Å². The molecule has 0 aliphatic rings. The number of nitrogens with zero attached hydrogens (tertiary/aromatic N) is 1. The number of carbonyl (C=O) groups excluding carboxylic acids is 1. The first-order valence-electron chi connectivity index (χ1n) is 12.0. The van der Waals surface area contributed by atoms with Gasteiger partial charge in [-0.3, -0.25) is 10.1 Å². The smallest absolute Gasteiger partial charge is 0.257 e. The highest BCUT2D eigenvalue weighted by Crippen LogP contribution is 2.34. The van der Waals surface area contributed by atoms with Crippen LogP contribution in [0.2, 0.25) is 0 Å². The van der Waals surface area contributed by atoms with Crippen LogP contribution in [0.15, 0.2) is 89.3 Å². The lowest BCUT2D eigenvalue weighted by Crippen LogP contribution is -2.34. The number of fused-ring (bicyclic) bond motifs is 1. The largest absolute Gasteiger partial charge is 0.507 e. The van der Waals surface area contributed by atoms with Crippen LogP contribution in [0, 0.1) is 13.8 Å². The fourth-order valence-corrected chi connectivity index (χ4v) is 4.27. The van der Waals surface area contributed by atoms with Crippen LogP contribution in [0.5, 0.6) is 11.5 Å². The number of hydrogen-bond acceptors (Lipinski definition) is 6. The maximum absolute atomic E-state index is 12.7. The fourth-order valence-electron chi connectivity index (χ4n) is 4.06. The summed E-state index contributed by atoms with van der Waals surface area (Å²) in [6.45, 7) is 4.39. The molecule has 0 atom stereocenters. The molecule has 1 heterocycles. The number of hydrogen-bond donors (Lipinski definition) is 3. The molecule has 4 aromatic carbocycles. The molecule has 0 saturated heterocycles. The van der Waals surface area contributed by atoms with Crippen LogP contribution in [0.25, 0.3) is 22.6 Å². The number of carbonyl (C=O) groups is 1. The van der Waals surface area contributed by atoms with E-state index in [-0.39, 0.29) is 16.8 Å². The highest BCUT2D eigenvalue weighted by atomic mass is 32.1.